The summed E-state index contributed by atoms with van der Waals surface area (Å²) in [5.41, 5.74) is 0.233. The first-order valence-electron chi connectivity index (χ1n) is 7.75. The maximum atomic E-state index is 12.5. The van der Waals surface area contributed by atoms with E-state index in [1.807, 2.05) is 4.72 Å². The van der Waals surface area contributed by atoms with Crippen molar-refractivity contribution in [3.05, 3.63) is 30.1 Å². The number of methoxy groups -OCH3 is 1. The standard InChI is InChI=1S/C15H18N6O6S/c1-9(20-23)8-27-11-6-4-5-7-12(11)28(24,25)21-14(22)18-13-16-10(2)17-15(19-13)26-3/h4-7,23H,8H2,1-3H3,(H2,16,17,18,19,21,22). The number of urea groups is 1. The summed E-state index contributed by atoms with van der Waals surface area (Å²) in [4.78, 5) is 23.3. The Morgan fingerprint density at radius 2 is 1.96 bits per heavy atom. The van der Waals surface area contributed by atoms with Gasteiger partial charge in [0.25, 0.3) is 10.0 Å². The van der Waals surface area contributed by atoms with Gasteiger partial charge in [0, 0.05) is 0 Å². The molecular formula is C15H18N6O6S. The number of rotatable bonds is 7. The Morgan fingerprint density at radius 1 is 1.25 bits per heavy atom. The van der Waals surface area contributed by atoms with Crippen molar-refractivity contribution in [2.45, 2.75) is 18.7 Å². The fourth-order valence-corrected chi connectivity index (χ4v) is 2.97. The fraction of sp³-hybridized carbons (Fsp3) is 0.267. The quantitative estimate of drug-likeness (QED) is 0.342. The third kappa shape index (κ3) is 5.51. The number of hydrogen-bond donors (Lipinski definition) is 3. The van der Waals surface area contributed by atoms with Crippen molar-refractivity contribution in [1.29, 1.82) is 0 Å². The lowest BCUT2D eigenvalue weighted by Crippen LogP contribution is -2.35. The van der Waals surface area contributed by atoms with Crippen molar-refractivity contribution in [3.8, 4) is 11.8 Å². The molecule has 28 heavy (non-hydrogen) atoms. The topological polar surface area (TPSA) is 165 Å². The molecule has 1 aromatic carbocycles. The minimum Gasteiger partial charge on any atom is -0.486 e. The first-order valence-corrected chi connectivity index (χ1v) is 9.23. The van der Waals surface area contributed by atoms with Crippen LogP contribution in [0, 0.1) is 6.92 Å². The van der Waals surface area contributed by atoms with Crippen LogP contribution in [0.3, 0.4) is 0 Å². The maximum absolute atomic E-state index is 12.5. The monoisotopic (exact) mass is 410 g/mol. The predicted octanol–water partition coefficient (Wildman–Crippen LogP) is 0.928. The molecule has 0 bridgehead atoms. The van der Waals surface area contributed by atoms with Crippen LogP contribution in [0.25, 0.3) is 0 Å². The van der Waals surface area contributed by atoms with Gasteiger partial charge in [-0.3, -0.25) is 5.32 Å². The molecule has 1 aromatic heterocycles. The molecule has 0 spiro atoms. The van der Waals surface area contributed by atoms with E-state index in [9.17, 15) is 13.2 Å². The van der Waals surface area contributed by atoms with Crippen LogP contribution in [-0.2, 0) is 10.0 Å². The molecule has 0 atom stereocenters. The molecule has 0 aliphatic heterocycles. The zero-order chi connectivity index (χ0) is 20.7. The zero-order valence-corrected chi connectivity index (χ0v) is 16.0. The van der Waals surface area contributed by atoms with E-state index in [4.69, 9.17) is 14.7 Å². The lowest BCUT2D eigenvalue weighted by Gasteiger charge is -2.12. The summed E-state index contributed by atoms with van der Waals surface area (Å²) in [7, 11) is -2.95. The SMILES string of the molecule is COc1nc(C)nc(NC(=O)NS(=O)(=O)c2ccccc2OCC(C)=NO)n1. The van der Waals surface area contributed by atoms with Crippen molar-refractivity contribution < 1.29 is 27.9 Å². The second-order valence-corrected chi connectivity index (χ2v) is 6.97. The van der Waals surface area contributed by atoms with Gasteiger partial charge in [-0.25, -0.2) is 17.9 Å². The molecular weight excluding hydrogens is 392 g/mol. The molecule has 0 saturated carbocycles. The molecule has 0 fully saturated rings. The van der Waals surface area contributed by atoms with E-state index in [1.54, 1.807) is 13.0 Å². The van der Waals surface area contributed by atoms with Gasteiger partial charge in [-0.15, -0.1) is 0 Å². The number of benzene rings is 1. The minimum atomic E-state index is -4.28. The fourth-order valence-electron chi connectivity index (χ4n) is 1.91. The third-order valence-corrected chi connectivity index (χ3v) is 4.48. The Kier molecular flexibility index (Phi) is 6.65. The molecule has 0 saturated heterocycles. The number of nitrogens with one attached hydrogen (secondary N) is 2. The number of amides is 2. The minimum absolute atomic E-state index is 0.0246. The van der Waals surface area contributed by atoms with Gasteiger partial charge >= 0.3 is 12.0 Å². The highest BCUT2D eigenvalue weighted by Gasteiger charge is 2.23. The highest BCUT2D eigenvalue weighted by atomic mass is 32.2. The number of sulfonamides is 1. The van der Waals surface area contributed by atoms with Gasteiger partial charge in [0.2, 0.25) is 5.95 Å². The molecule has 1 heterocycles. The van der Waals surface area contributed by atoms with Gasteiger partial charge in [0.05, 0.1) is 12.8 Å². The molecule has 0 aliphatic rings. The predicted molar refractivity (Wildman–Crippen MR) is 97.3 cm³/mol. The summed E-state index contributed by atoms with van der Waals surface area (Å²) in [6.07, 6.45) is 0. The largest absolute Gasteiger partial charge is 0.486 e. The van der Waals surface area contributed by atoms with Gasteiger partial charge in [0.1, 0.15) is 23.1 Å². The Morgan fingerprint density at radius 3 is 2.64 bits per heavy atom. The summed E-state index contributed by atoms with van der Waals surface area (Å²) in [6.45, 7) is 2.90. The summed E-state index contributed by atoms with van der Waals surface area (Å²) in [5.74, 6) is 0.0597. The smallest absolute Gasteiger partial charge is 0.335 e. The van der Waals surface area contributed by atoms with Crippen LogP contribution in [0.4, 0.5) is 10.7 Å². The maximum Gasteiger partial charge on any atom is 0.335 e. The van der Waals surface area contributed by atoms with E-state index in [-0.39, 0.29) is 40.7 Å². The Labute approximate surface area is 160 Å². The average molecular weight is 410 g/mol. The molecule has 3 N–H and O–H groups in total. The number of carbonyl (C=O) groups is 1. The van der Waals surface area contributed by atoms with E-state index >= 15 is 0 Å². The van der Waals surface area contributed by atoms with Crippen LogP contribution in [0.1, 0.15) is 12.7 Å². The molecule has 2 amide bonds. The normalized spacial score (nSPS) is 11.6. The molecule has 13 heteroatoms. The Balaban J connectivity index is 2.17. The van der Waals surface area contributed by atoms with Crippen LogP contribution in [0.5, 0.6) is 11.8 Å². The second kappa shape index (κ2) is 8.94. The first-order chi connectivity index (χ1) is 13.2. The van der Waals surface area contributed by atoms with Gasteiger partial charge in [-0.05, 0) is 26.0 Å². The molecule has 0 unspecified atom stereocenters. The van der Waals surface area contributed by atoms with Crippen molar-refractivity contribution in [1.82, 2.24) is 19.7 Å². The van der Waals surface area contributed by atoms with Gasteiger partial charge < -0.3 is 14.7 Å². The van der Waals surface area contributed by atoms with Crippen molar-refractivity contribution in [2.24, 2.45) is 5.16 Å². The van der Waals surface area contributed by atoms with Gasteiger partial charge in [-0.2, -0.15) is 15.0 Å². The van der Waals surface area contributed by atoms with Crippen LogP contribution in [0.15, 0.2) is 34.3 Å². The number of oxime groups is 1. The second-order valence-electron chi connectivity index (χ2n) is 5.32. The number of carbonyl (C=O) groups excluding carboxylic acids is 1. The van der Waals surface area contributed by atoms with E-state index in [0.717, 1.165) is 0 Å². The molecule has 0 radical (unpaired) electrons. The van der Waals surface area contributed by atoms with Crippen LogP contribution in [0.2, 0.25) is 0 Å². The Hall–Kier alpha value is -3.48. The molecule has 150 valence electrons. The summed E-state index contributed by atoms with van der Waals surface area (Å²) >= 11 is 0. The zero-order valence-electron chi connectivity index (χ0n) is 15.2. The first kappa shape index (κ1) is 20.8. The summed E-state index contributed by atoms with van der Waals surface area (Å²) < 4.78 is 37.1. The molecule has 12 nitrogen and oxygen atoms in total. The number of nitrogens with zero attached hydrogens (tertiary/aromatic N) is 4. The lowest BCUT2D eigenvalue weighted by molar-refractivity contribution is 0.256. The number of aromatic nitrogens is 3. The Bertz CT molecular complexity index is 994. The van der Waals surface area contributed by atoms with Gasteiger partial charge in [-0.1, -0.05) is 17.3 Å². The van der Waals surface area contributed by atoms with Crippen LogP contribution >= 0.6 is 0 Å². The number of ether oxygens (including phenoxy) is 2. The molecule has 2 rings (SSSR count). The summed E-state index contributed by atoms with van der Waals surface area (Å²) in [5, 5.41) is 13.8. The summed E-state index contributed by atoms with van der Waals surface area (Å²) in [6, 6.07) is 4.55. The van der Waals surface area contributed by atoms with Crippen LogP contribution < -0.4 is 19.5 Å². The number of anilines is 1. The van der Waals surface area contributed by atoms with E-state index < -0.39 is 16.1 Å². The van der Waals surface area contributed by atoms with Crippen molar-refractivity contribution in [2.75, 3.05) is 19.0 Å². The van der Waals surface area contributed by atoms with Crippen molar-refractivity contribution >= 4 is 27.7 Å². The number of hydrogen-bond acceptors (Lipinski definition) is 10. The molecule has 0 aliphatic carbocycles. The molecule has 2 aromatic rings. The van der Waals surface area contributed by atoms with Gasteiger partial charge in [0.15, 0.2) is 0 Å². The lowest BCUT2D eigenvalue weighted by atomic mass is 10.3. The average Bonchev–Trinajstić information content (AvgIpc) is 2.65. The number of aryl methyl sites for hydroxylation is 1. The van der Waals surface area contributed by atoms with Crippen molar-refractivity contribution in [3.63, 3.8) is 0 Å². The number of para-hydroxylation sites is 1. The highest BCUT2D eigenvalue weighted by Crippen LogP contribution is 2.23. The third-order valence-electron chi connectivity index (χ3n) is 3.11. The van der Waals surface area contributed by atoms with Crippen LogP contribution in [-0.4, -0.2) is 54.0 Å². The van der Waals surface area contributed by atoms with E-state index in [0.29, 0.717) is 0 Å². The van der Waals surface area contributed by atoms with E-state index in [1.165, 1.54) is 32.2 Å². The highest BCUT2D eigenvalue weighted by molar-refractivity contribution is 7.90. The van der Waals surface area contributed by atoms with E-state index in [2.05, 4.69) is 25.4 Å².